The van der Waals surface area contributed by atoms with Gasteiger partial charge in [0.05, 0.1) is 18.8 Å². The molecule has 29 heavy (non-hydrogen) atoms. The second-order valence-electron chi connectivity index (χ2n) is 7.38. The van der Waals surface area contributed by atoms with Crippen molar-refractivity contribution in [3.8, 4) is 0 Å². The lowest BCUT2D eigenvalue weighted by Crippen LogP contribution is -2.36. The first kappa shape index (κ1) is 19.5. The summed E-state index contributed by atoms with van der Waals surface area (Å²) in [6.45, 7) is 3.33. The van der Waals surface area contributed by atoms with Crippen LogP contribution in [-0.2, 0) is 9.47 Å². The van der Waals surface area contributed by atoms with Crippen molar-refractivity contribution < 1.29 is 14.3 Å². The van der Waals surface area contributed by atoms with E-state index in [0.717, 1.165) is 51.1 Å². The monoisotopic (exact) mass is 389 g/mol. The first-order valence-corrected chi connectivity index (χ1v) is 10.4. The van der Waals surface area contributed by atoms with Gasteiger partial charge in [0.15, 0.2) is 0 Å². The molecule has 1 saturated heterocycles. The quantitative estimate of drug-likeness (QED) is 0.681. The van der Waals surface area contributed by atoms with E-state index in [0.29, 0.717) is 5.56 Å². The molecule has 4 heteroatoms. The minimum absolute atomic E-state index is 0.302. The Kier molecular flexibility index (Phi) is 6.42. The molecule has 1 atom stereocenters. The van der Waals surface area contributed by atoms with Crippen molar-refractivity contribution in [1.29, 1.82) is 0 Å². The molecule has 150 valence electrons. The first-order chi connectivity index (χ1) is 14.3. The predicted octanol–water partition coefficient (Wildman–Crippen LogP) is 4.91. The van der Waals surface area contributed by atoms with Crippen molar-refractivity contribution in [1.82, 2.24) is 4.90 Å². The fourth-order valence-corrected chi connectivity index (χ4v) is 3.88. The number of esters is 1. The highest BCUT2D eigenvalue weighted by molar-refractivity contribution is 5.89. The molecule has 0 aromatic heterocycles. The third kappa shape index (κ3) is 4.96. The first-order valence-electron chi connectivity index (χ1n) is 10.4. The third-order valence-electron chi connectivity index (χ3n) is 5.39. The van der Waals surface area contributed by atoms with Gasteiger partial charge < -0.3 is 14.4 Å². The molecule has 1 fully saturated rings. The average Bonchev–Trinajstić information content (AvgIpc) is 2.80. The van der Waals surface area contributed by atoms with E-state index in [9.17, 15) is 4.79 Å². The summed E-state index contributed by atoms with van der Waals surface area (Å²) in [5.74, 6) is -0.302. The second-order valence-corrected chi connectivity index (χ2v) is 7.38. The molecule has 2 aromatic rings. The number of nitrogens with zero attached hydrogens (tertiary/aromatic N) is 1. The lowest BCUT2D eigenvalue weighted by Gasteiger charge is -2.34. The van der Waals surface area contributed by atoms with Gasteiger partial charge in [-0.1, -0.05) is 54.6 Å². The number of rotatable bonds is 5. The Morgan fingerprint density at radius 3 is 2.41 bits per heavy atom. The molecule has 2 aromatic carbocycles. The summed E-state index contributed by atoms with van der Waals surface area (Å²) in [5, 5.41) is 0. The molecule has 1 heterocycles. The highest BCUT2D eigenvalue weighted by Gasteiger charge is 2.23. The zero-order chi connectivity index (χ0) is 19.9. The van der Waals surface area contributed by atoms with Crippen molar-refractivity contribution in [2.24, 2.45) is 0 Å². The fraction of sp³-hybridized carbons (Fsp3) is 0.320. The van der Waals surface area contributed by atoms with Crippen molar-refractivity contribution in [3.63, 3.8) is 0 Å². The zero-order valence-electron chi connectivity index (χ0n) is 16.6. The molecule has 4 nitrogen and oxygen atoms in total. The van der Waals surface area contributed by atoms with E-state index in [1.807, 2.05) is 48.5 Å². The van der Waals surface area contributed by atoms with Crippen molar-refractivity contribution in [2.45, 2.75) is 25.4 Å². The van der Waals surface area contributed by atoms with Gasteiger partial charge in [-0.25, -0.2) is 4.79 Å². The summed E-state index contributed by atoms with van der Waals surface area (Å²) in [4.78, 5) is 15.2. The minimum atomic E-state index is -0.415. The van der Waals surface area contributed by atoms with Crippen LogP contribution in [0.1, 0.15) is 41.3 Å². The molecule has 4 rings (SSSR count). The topological polar surface area (TPSA) is 38.8 Å². The molecule has 2 aliphatic rings. The van der Waals surface area contributed by atoms with Gasteiger partial charge in [-0.3, -0.25) is 0 Å². The molecule has 1 aliphatic heterocycles. The molecule has 0 saturated carbocycles. The van der Waals surface area contributed by atoms with E-state index in [-0.39, 0.29) is 5.97 Å². The normalized spacial score (nSPS) is 19.5. The van der Waals surface area contributed by atoms with Gasteiger partial charge in [-0.2, -0.15) is 0 Å². The maximum absolute atomic E-state index is 12.8. The number of hydrogen-bond donors (Lipinski definition) is 0. The van der Waals surface area contributed by atoms with E-state index < -0.39 is 6.10 Å². The highest BCUT2D eigenvalue weighted by atomic mass is 16.5. The summed E-state index contributed by atoms with van der Waals surface area (Å²) >= 11 is 0. The van der Waals surface area contributed by atoms with Crippen LogP contribution in [0.25, 0.3) is 0 Å². The van der Waals surface area contributed by atoms with Crippen LogP contribution in [0.5, 0.6) is 0 Å². The third-order valence-corrected chi connectivity index (χ3v) is 5.39. The van der Waals surface area contributed by atoms with Crippen LogP contribution < -0.4 is 0 Å². The van der Waals surface area contributed by atoms with Crippen LogP contribution in [0.3, 0.4) is 0 Å². The molecule has 0 spiro atoms. The SMILES string of the molecule is O=C(OC(C=C1CCCC=C1N1CCOCC1)c1ccccc1)c1ccccc1. The Labute approximate surface area is 172 Å². The predicted molar refractivity (Wildman–Crippen MR) is 113 cm³/mol. The van der Waals surface area contributed by atoms with Gasteiger partial charge in [0.25, 0.3) is 0 Å². The number of hydrogen-bond acceptors (Lipinski definition) is 4. The smallest absolute Gasteiger partial charge is 0.339 e. The molecule has 1 unspecified atom stereocenters. The van der Waals surface area contributed by atoms with Crippen LogP contribution in [0.4, 0.5) is 0 Å². The number of allylic oxidation sites excluding steroid dienone is 2. The van der Waals surface area contributed by atoms with Gasteiger partial charge in [0.2, 0.25) is 0 Å². The summed E-state index contributed by atoms with van der Waals surface area (Å²) in [6, 6.07) is 19.2. The van der Waals surface area contributed by atoms with Gasteiger partial charge in [0.1, 0.15) is 6.10 Å². The molecule has 0 amide bonds. The number of morpholine rings is 1. The molecule has 1 aliphatic carbocycles. The lowest BCUT2D eigenvalue weighted by molar-refractivity contribution is 0.0388. The lowest BCUT2D eigenvalue weighted by atomic mass is 9.94. The van der Waals surface area contributed by atoms with Crippen molar-refractivity contribution >= 4 is 5.97 Å². The fourth-order valence-electron chi connectivity index (χ4n) is 3.88. The number of ether oxygens (including phenoxy) is 2. The number of benzene rings is 2. The van der Waals surface area contributed by atoms with Crippen LogP contribution in [-0.4, -0.2) is 37.2 Å². The Bertz CT molecular complexity index is 867. The molecule has 0 bridgehead atoms. The molecule has 0 radical (unpaired) electrons. The summed E-state index contributed by atoms with van der Waals surface area (Å²) in [5.41, 5.74) is 4.08. The number of carbonyl (C=O) groups is 1. The largest absolute Gasteiger partial charge is 0.450 e. The summed E-state index contributed by atoms with van der Waals surface area (Å²) in [7, 11) is 0. The van der Waals surface area contributed by atoms with Crippen molar-refractivity contribution in [2.75, 3.05) is 26.3 Å². The molecule has 0 N–H and O–H groups in total. The van der Waals surface area contributed by atoms with Crippen molar-refractivity contribution in [3.05, 3.63) is 95.2 Å². The standard InChI is InChI=1S/C25H27NO3/c27-25(21-11-5-2-6-12-21)29-24(20-9-3-1-4-10-20)19-22-13-7-8-14-23(22)26-15-17-28-18-16-26/h1-6,9-12,14,19,24H,7-8,13,15-18H2. The minimum Gasteiger partial charge on any atom is -0.450 e. The second kappa shape index (κ2) is 9.57. The van der Waals surface area contributed by atoms with E-state index >= 15 is 0 Å². The Morgan fingerprint density at radius 1 is 1.00 bits per heavy atom. The molecular formula is C25H27NO3. The molecular weight excluding hydrogens is 362 g/mol. The van der Waals surface area contributed by atoms with Gasteiger partial charge in [-0.15, -0.1) is 0 Å². The van der Waals surface area contributed by atoms with Gasteiger partial charge >= 0.3 is 5.97 Å². The van der Waals surface area contributed by atoms with Crippen LogP contribution in [0.15, 0.2) is 84.1 Å². The van der Waals surface area contributed by atoms with E-state index in [1.165, 1.54) is 11.3 Å². The highest BCUT2D eigenvalue weighted by Crippen LogP contribution is 2.32. The Morgan fingerprint density at radius 2 is 1.69 bits per heavy atom. The van der Waals surface area contributed by atoms with Crippen LogP contribution in [0, 0.1) is 0 Å². The van der Waals surface area contributed by atoms with Crippen LogP contribution in [0.2, 0.25) is 0 Å². The summed E-state index contributed by atoms with van der Waals surface area (Å²) in [6.07, 6.45) is 7.24. The van der Waals surface area contributed by atoms with Gasteiger partial charge in [0, 0.05) is 18.8 Å². The Hall–Kier alpha value is -2.85. The average molecular weight is 389 g/mol. The van der Waals surface area contributed by atoms with Gasteiger partial charge in [-0.05, 0) is 48.6 Å². The number of carbonyl (C=O) groups excluding carboxylic acids is 1. The van der Waals surface area contributed by atoms with E-state index in [1.54, 1.807) is 12.1 Å². The maximum atomic E-state index is 12.8. The van der Waals surface area contributed by atoms with E-state index in [4.69, 9.17) is 9.47 Å². The Balaban J connectivity index is 1.62. The van der Waals surface area contributed by atoms with Crippen LogP contribution >= 0.6 is 0 Å². The van der Waals surface area contributed by atoms with E-state index in [2.05, 4.69) is 17.1 Å². The zero-order valence-corrected chi connectivity index (χ0v) is 16.6. The maximum Gasteiger partial charge on any atom is 0.339 e. The summed E-state index contributed by atoms with van der Waals surface area (Å²) < 4.78 is 11.5.